The Balaban J connectivity index is 1.45. The number of aromatic amines is 1. The van der Waals surface area contributed by atoms with Crippen LogP contribution < -0.4 is 20.7 Å². The zero-order valence-electron chi connectivity index (χ0n) is 22.6. The molecule has 3 aromatic carbocycles. The average Bonchev–Trinajstić information content (AvgIpc) is 3.47. The Morgan fingerprint density at radius 3 is 2.05 bits per heavy atom. The van der Waals surface area contributed by atoms with E-state index in [0.29, 0.717) is 11.5 Å². The summed E-state index contributed by atoms with van der Waals surface area (Å²) < 4.78 is 30.8. The number of methoxy groups -OCH3 is 2. The van der Waals surface area contributed by atoms with Crippen LogP contribution in [0, 0.1) is 0 Å². The third kappa shape index (κ3) is 4.45. The number of fused-ring (bicyclic) bond motifs is 2. The molecule has 0 spiro atoms. The van der Waals surface area contributed by atoms with Crippen LogP contribution in [0.4, 0.5) is 0 Å². The summed E-state index contributed by atoms with van der Waals surface area (Å²) in [6, 6.07) is 26.1. The lowest BCUT2D eigenvalue weighted by molar-refractivity contribution is -0.205. The minimum atomic E-state index is -1.34. The standard InChI is InChI=1S/C31H30N2O8/c1-37-23-12-8-21(9-13-23)31(20-6-4-3-5-7-20,22-10-14-24(38-2)15-11-22)40-19-30-18-39-26(27(30)35)28(41-30)33-25(34)16-17-32-29(33)36/h3-17,26-28,35H,18-19H2,1-2H3,(H,32,36)/t26-,27+,28-,30-/m1/s1. The first-order chi connectivity index (χ1) is 19.9. The van der Waals surface area contributed by atoms with Crippen molar-refractivity contribution in [3.63, 3.8) is 0 Å². The number of hydrogen-bond donors (Lipinski definition) is 2. The Morgan fingerprint density at radius 2 is 1.49 bits per heavy atom. The van der Waals surface area contributed by atoms with Crippen molar-refractivity contribution in [2.24, 2.45) is 0 Å². The van der Waals surface area contributed by atoms with Gasteiger partial charge in [-0.25, -0.2) is 9.36 Å². The molecule has 2 bridgehead atoms. The molecule has 2 fully saturated rings. The summed E-state index contributed by atoms with van der Waals surface area (Å²) in [7, 11) is 3.21. The maximum Gasteiger partial charge on any atom is 0.330 e. The summed E-state index contributed by atoms with van der Waals surface area (Å²) in [5.41, 5.74) is -1.26. The largest absolute Gasteiger partial charge is 0.497 e. The van der Waals surface area contributed by atoms with Gasteiger partial charge in [0, 0.05) is 12.3 Å². The second kappa shape index (κ2) is 10.6. The molecule has 2 aliphatic rings. The van der Waals surface area contributed by atoms with Gasteiger partial charge in [0.15, 0.2) is 6.23 Å². The van der Waals surface area contributed by atoms with Gasteiger partial charge in [-0.2, -0.15) is 0 Å². The van der Waals surface area contributed by atoms with Crippen LogP contribution in [-0.4, -0.2) is 59.9 Å². The summed E-state index contributed by atoms with van der Waals surface area (Å²) >= 11 is 0. The molecule has 0 aliphatic carbocycles. The molecule has 10 nitrogen and oxygen atoms in total. The third-order valence-electron chi connectivity index (χ3n) is 7.86. The van der Waals surface area contributed by atoms with E-state index in [1.54, 1.807) is 14.2 Å². The second-order valence-corrected chi connectivity index (χ2v) is 10.1. The SMILES string of the molecule is COc1ccc(C(OC[C@@]23CO[C@@H]([C@H](n4c(=O)cc[nH]c4=O)O2)[C@@H]3O)(c2ccccc2)c2ccc(OC)cc2)cc1. The molecule has 6 rings (SSSR count). The van der Waals surface area contributed by atoms with Gasteiger partial charge >= 0.3 is 5.69 Å². The third-order valence-corrected chi connectivity index (χ3v) is 7.86. The first-order valence-corrected chi connectivity index (χ1v) is 13.2. The van der Waals surface area contributed by atoms with Crippen molar-refractivity contribution in [3.05, 3.63) is 129 Å². The highest BCUT2D eigenvalue weighted by Crippen LogP contribution is 2.48. The molecular formula is C31H30N2O8. The number of nitrogens with one attached hydrogen (secondary N) is 1. The summed E-state index contributed by atoms with van der Waals surface area (Å²) in [5, 5.41) is 11.3. The van der Waals surface area contributed by atoms with Gasteiger partial charge in [0.2, 0.25) is 0 Å². The Hall–Kier alpha value is -4.22. The van der Waals surface area contributed by atoms with E-state index in [-0.39, 0.29) is 13.2 Å². The van der Waals surface area contributed by atoms with Gasteiger partial charge in [0.25, 0.3) is 5.56 Å². The molecule has 0 amide bonds. The van der Waals surface area contributed by atoms with Crippen LogP contribution in [0.3, 0.4) is 0 Å². The van der Waals surface area contributed by atoms with Gasteiger partial charge in [-0.15, -0.1) is 0 Å². The summed E-state index contributed by atoms with van der Waals surface area (Å²) in [4.78, 5) is 27.6. The maximum absolute atomic E-state index is 12.6. The monoisotopic (exact) mass is 558 g/mol. The predicted octanol–water partition coefficient (Wildman–Crippen LogP) is 2.59. The summed E-state index contributed by atoms with van der Waals surface area (Å²) in [6.07, 6.45) is -1.93. The van der Waals surface area contributed by atoms with Crippen molar-refractivity contribution >= 4 is 0 Å². The second-order valence-electron chi connectivity index (χ2n) is 10.1. The highest BCUT2D eigenvalue weighted by molar-refractivity contribution is 5.49. The molecule has 0 radical (unpaired) electrons. The van der Waals surface area contributed by atoms with Crippen molar-refractivity contribution in [2.75, 3.05) is 27.4 Å². The minimum Gasteiger partial charge on any atom is -0.497 e. The molecule has 10 heteroatoms. The molecule has 4 aromatic rings. The Morgan fingerprint density at radius 1 is 0.902 bits per heavy atom. The van der Waals surface area contributed by atoms with E-state index in [1.165, 1.54) is 12.3 Å². The molecule has 0 unspecified atom stereocenters. The van der Waals surface area contributed by atoms with Crippen molar-refractivity contribution < 1.29 is 28.8 Å². The van der Waals surface area contributed by atoms with Crippen LogP contribution in [0.1, 0.15) is 22.9 Å². The van der Waals surface area contributed by atoms with E-state index < -0.39 is 40.9 Å². The van der Waals surface area contributed by atoms with Crippen LogP contribution in [0.25, 0.3) is 0 Å². The van der Waals surface area contributed by atoms with Crippen molar-refractivity contribution in [3.8, 4) is 11.5 Å². The number of hydrogen-bond acceptors (Lipinski definition) is 8. The number of benzene rings is 3. The Kier molecular flexibility index (Phi) is 7.00. The summed E-state index contributed by atoms with van der Waals surface area (Å²) in [6.45, 7) is -0.0987. The fraction of sp³-hybridized carbons (Fsp3) is 0.290. The van der Waals surface area contributed by atoms with Gasteiger partial charge < -0.3 is 33.8 Å². The van der Waals surface area contributed by atoms with Crippen molar-refractivity contribution in [1.29, 1.82) is 0 Å². The number of H-pyrrole nitrogens is 1. The number of rotatable bonds is 9. The van der Waals surface area contributed by atoms with Gasteiger partial charge in [-0.05, 0) is 41.0 Å². The van der Waals surface area contributed by atoms with E-state index in [9.17, 15) is 14.7 Å². The minimum absolute atomic E-state index is 0.0188. The van der Waals surface area contributed by atoms with E-state index in [1.807, 2.05) is 78.9 Å². The maximum atomic E-state index is 12.6. The Labute approximate surface area is 235 Å². The highest BCUT2D eigenvalue weighted by Gasteiger charge is 2.63. The molecule has 2 N–H and O–H groups in total. The van der Waals surface area contributed by atoms with Crippen LogP contribution in [0.15, 0.2) is 101 Å². The number of aromatic nitrogens is 2. The van der Waals surface area contributed by atoms with Crippen LogP contribution in [0.5, 0.6) is 11.5 Å². The molecule has 3 heterocycles. The molecular weight excluding hydrogens is 528 g/mol. The van der Waals surface area contributed by atoms with E-state index >= 15 is 0 Å². The highest BCUT2D eigenvalue weighted by atomic mass is 16.7. The molecule has 41 heavy (non-hydrogen) atoms. The van der Waals surface area contributed by atoms with Crippen molar-refractivity contribution in [1.82, 2.24) is 9.55 Å². The fourth-order valence-corrected chi connectivity index (χ4v) is 5.70. The normalized spacial score (nSPS) is 23.4. The van der Waals surface area contributed by atoms with Crippen LogP contribution in [-0.2, 0) is 19.8 Å². The topological polar surface area (TPSA) is 121 Å². The first-order valence-electron chi connectivity index (χ1n) is 13.2. The summed E-state index contributed by atoms with van der Waals surface area (Å²) in [5.74, 6) is 1.37. The molecule has 2 saturated heterocycles. The smallest absolute Gasteiger partial charge is 0.330 e. The average molecular weight is 559 g/mol. The van der Waals surface area contributed by atoms with Crippen LogP contribution in [0.2, 0.25) is 0 Å². The lowest BCUT2D eigenvalue weighted by Gasteiger charge is -2.39. The number of aliphatic hydroxyl groups is 1. The zero-order valence-corrected chi connectivity index (χ0v) is 22.6. The number of ether oxygens (including phenoxy) is 5. The first kappa shape index (κ1) is 27.0. The molecule has 0 saturated carbocycles. The number of nitrogens with zero attached hydrogens (tertiary/aromatic N) is 1. The molecule has 1 aromatic heterocycles. The molecule has 2 aliphatic heterocycles. The van der Waals surface area contributed by atoms with Gasteiger partial charge in [0.1, 0.15) is 34.9 Å². The van der Waals surface area contributed by atoms with Crippen LogP contribution >= 0.6 is 0 Å². The Bertz CT molecular complexity index is 1540. The predicted molar refractivity (Wildman–Crippen MR) is 148 cm³/mol. The molecule has 212 valence electrons. The van der Waals surface area contributed by atoms with Gasteiger partial charge in [-0.1, -0.05) is 54.6 Å². The van der Waals surface area contributed by atoms with Crippen molar-refractivity contribution in [2.45, 2.75) is 29.6 Å². The number of aliphatic hydroxyl groups excluding tert-OH is 1. The molecule has 4 atom stereocenters. The fourth-order valence-electron chi connectivity index (χ4n) is 5.70. The van der Waals surface area contributed by atoms with E-state index in [2.05, 4.69) is 4.98 Å². The van der Waals surface area contributed by atoms with Gasteiger partial charge in [0.05, 0.1) is 27.4 Å². The van der Waals surface area contributed by atoms with E-state index in [4.69, 9.17) is 23.7 Å². The zero-order chi connectivity index (χ0) is 28.6. The lowest BCUT2D eigenvalue weighted by Crippen LogP contribution is -2.49. The van der Waals surface area contributed by atoms with E-state index in [0.717, 1.165) is 21.3 Å². The quantitative estimate of drug-likeness (QED) is 0.301. The van der Waals surface area contributed by atoms with Gasteiger partial charge in [-0.3, -0.25) is 4.79 Å². The lowest BCUT2D eigenvalue weighted by atomic mass is 9.79.